The summed E-state index contributed by atoms with van der Waals surface area (Å²) >= 11 is 5.10. The van der Waals surface area contributed by atoms with Crippen LogP contribution >= 0.6 is 27.7 Å². The zero-order chi connectivity index (χ0) is 17.1. The summed E-state index contributed by atoms with van der Waals surface area (Å²) in [5.74, 6) is 0.953. The number of rotatable bonds is 5. The molecular formula is C20H18BrNOS. The third-order valence-corrected chi connectivity index (χ3v) is 5.32. The van der Waals surface area contributed by atoms with Gasteiger partial charge in [-0.25, -0.2) is 0 Å². The number of nitrogens with zero attached hydrogens (tertiary/aromatic N) is 1. The molecule has 0 spiro atoms. The van der Waals surface area contributed by atoms with E-state index in [1.807, 2.05) is 43.4 Å². The second-order valence-electron chi connectivity index (χ2n) is 5.48. The van der Waals surface area contributed by atoms with Gasteiger partial charge in [0.1, 0.15) is 0 Å². The van der Waals surface area contributed by atoms with Crippen molar-refractivity contribution < 1.29 is 4.79 Å². The lowest BCUT2D eigenvalue weighted by Gasteiger charge is -2.05. The first-order chi connectivity index (χ1) is 11.6. The number of fused-ring (bicyclic) bond motifs is 1. The van der Waals surface area contributed by atoms with Crippen LogP contribution in [0.2, 0.25) is 0 Å². The maximum Gasteiger partial charge on any atom is 0.186 e. The summed E-state index contributed by atoms with van der Waals surface area (Å²) in [4.78, 5) is 13.7. The maximum absolute atomic E-state index is 12.6. The Morgan fingerprint density at radius 1 is 1.17 bits per heavy atom. The zero-order valence-corrected chi connectivity index (χ0v) is 16.0. The zero-order valence-electron chi connectivity index (χ0n) is 13.6. The molecule has 122 valence electrons. The molecule has 0 radical (unpaired) electrons. The molecule has 0 bridgehead atoms. The molecule has 3 rings (SSSR count). The van der Waals surface area contributed by atoms with Crippen molar-refractivity contribution in [3.8, 4) is 0 Å². The second kappa shape index (κ2) is 7.41. The molecule has 2 nitrogen and oxygen atoms in total. The number of halogens is 1. The van der Waals surface area contributed by atoms with Gasteiger partial charge in [0.05, 0.1) is 0 Å². The Morgan fingerprint density at radius 3 is 2.58 bits per heavy atom. The third-order valence-electron chi connectivity index (χ3n) is 3.85. The van der Waals surface area contributed by atoms with Crippen molar-refractivity contribution in [1.82, 2.24) is 4.57 Å². The van der Waals surface area contributed by atoms with E-state index in [0.29, 0.717) is 5.56 Å². The van der Waals surface area contributed by atoms with Crippen LogP contribution in [0.25, 0.3) is 15.8 Å². The van der Waals surface area contributed by atoms with E-state index in [1.54, 1.807) is 17.8 Å². The van der Waals surface area contributed by atoms with E-state index in [4.69, 9.17) is 0 Å². The Hall–Kier alpha value is -1.78. The van der Waals surface area contributed by atoms with E-state index in [0.717, 1.165) is 20.7 Å². The van der Waals surface area contributed by atoms with Crippen molar-refractivity contribution in [2.24, 2.45) is 7.05 Å². The second-order valence-corrected chi connectivity index (χ2v) is 7.71. The van der Waals surface area contributed by atoms with Crippen LogP contribution in [-0.4, -0.2) is 16.1 Å². The summed E-state index contributed by atoms with van der Waals surface area (Å²) < 4.78 is 3.08. The van der Waals surface area contributed by atoms with Crippen LogP contribution in [0.4, 0.5) is 0 Å². The maximum atomic E-state index is 12.6. The number of carbonyl (C=O) groups excluding carboxylic acids is 1. The van der Waals surface area contributed by atoms with Crippen LogP contribution in [0.3, 0.4) is 0 Å². The molecule has 1 aromatic heterocycles. The monoisotopic (exact) mass is 399 g/mol. The van der Waals surface area contributed by atoms with E-state index >= 15 is 0 Å². The number of aromatic nitrogens is 1. The summed E-state index contributed by atoms with van der Waals surface area (Å²) in [6.07, 6.45) is 3.87. The first-order valence-electron chi connectivity index (χ1n) is 7.79. The highest BCUT2D eigenvalue weighted by Gasteiger charge is 2.13. The predicted octanol–water partition coefficient (Wildman–Crippen LogP) is 5.92. The molecule has 0 saturated heterocycles. The third kappa shape index (κ3) is 3.50. The van der Waals surface area contributed by atoms with Crippen LogP contribution in [-0.2, 0) is 7.05 Å². The molecule has 0 amide bonds. The topological polar surface area (TPSA) is 22.0 Å². The fraction of sp³-hybridized carbons (Fsp3) is 0.150. The van der Waals surface area contributed by atoms with E-state index in [2.05, 4.69) is 45.8 Å². The van der Waals surface area contributed by atoms with Gasteiger partial charge in [0.2, 0.25) is 0 Å². The van der Waals surface area contributed by atoms with Crippen molar-refractivity contribution >= 4 is 49.3 Å². The fourth-order valence-electron chi connectivity index (χ4n) is 2.71. The van der Waals surface area contributed by atoms with Gasteiger partial charge in [-0.2, -0.15) is 0 Å². The number of allylic oxidation sites excluding steroid dienone is 1. The summed E-state index contributed by atoms with van der Waals surface area (Å²) in [6.45, 7) is 2.10. The van der Waals surface area contributed by atoms with Gasteiger partial charge in [-0.3, -0.25) is 4.79 Å². The largest absolute Gasteiger partial charge is 0.350 e. The lowest BCUT2D eigenvalue weighted by atomic mass is 10.1. The van der Waals surface area contributed by atoms with Crippen molar-refractivity contribution in [3.63, 3.8) is 0 Å². The highest BCUT2D eigenvalue weighted by Crippen LogP contribution is 2.34. The molecule has 0 saturated carbocycles. The molecule has 0 aliphatic heterocycles. The van der Waals surface area contributed by atoms with Gasteiger partial charge < -0.3 is 4.57 Å². The molecule has 0 aliphatic rings. The van der Waals surface area contributed by atoms with Gasteiger partial charge in [0, 0.05) is 50.7 Å². The van der Waals surface area contributed by atoms with Crippen molar-refractivity contribution in [2.75, 3.05) is 5.75 Å². The minimum atomic E-state index is 0.0337. The van der Waals surface area contributed by atoms with Crippen molar-refractivity contribution in [1.29, 1.82) is 0 Å². The SMILES string of the molecule is CCSC(=CC(=O)c1ccc(Br)cc1)c1cn(C)c2ccccc12. The minimum Gasteiger partial charge on any atom is -0.350 e. The summed E-state index contributed by atoms with van der Waals surface area (Å²) in [7, 11) is 2.04. The van der Waals surface area contributed by atoms with Gasteiger partial charge in [-0.15, -0.1) is 11.8 Å². The fourth-order valence-corrected chi connectivity index (χ4v) is 3.79. The highest BCUT2D eigenvalue weighted by atomic mass is 79.9. The molecule has 4 heteroatoms. The Labute approximate surface area is 154 Å². The molecule has 1 heterocycles. The van der Waals surface area contributed by atoms with E-state index in [9.17, 15) is 4.79 Å². The standard InChI is InChI=1S/C20H18BrNOS/c1-3-24-20(12-19(23)14-8-10-15(21)11-9-14)17-13-22(2)18-7-5-4-6-16(17)18/h4-13H,3H2,1-2H3. The van der Waals surface area contributed by atoms with Crippen molar-refractivity contribution in [2.45, 2.75) is 6.92 Å². The molecule has 0 atom stereocenters. The van der Waals surface area contributed by atoms with Crippen LogP contribution in [0.1, 0.15) is 22.8 Å². The number of thioether (sulfide) groups is 1. The Morgan fingerprint density at radius 2 is 1.88 bits per heavy atom. The minimum absolute atomic E-state index is 0.0337. The molecule has 2 aromatic carbocycles. The summed E-state index contributed by atoms with van der Waals surface area (Å²) in [5.41, 5.74) is 2.99. The Kier molecular flexibility index (Phi) is 5.27. The first-order valence-corrected chi connectivity index (χ1v) is 9.57. The van der Waals surface area contributed by atoms with Gasteiger partial charge >= 0.3 is 0 Å². The molecule has 0 fully saturated rings. The normalized spacial score (nSPS) is 11.9. The molecular weight excluding hydrogens is 382 g/mol. The van der Waals surface area contributed by atoms with Crippen LogP contribution < -0.4 is 0 Å². The first kappa shape index (κ1) is 17.1. The molecule has 0 aliphatic carbocycles. The number of hydrogen-bond acceptors (Lipinski definition) is 2. The predicted molar refractivity (Wildman–Crippen MR) is 108 cm³/mol. The van der Waals surface area contributed by atoms with Crippen LogP contribution in [0.15, 0.2) is 65.3 Å². The summed E-state index contributed by atoms with van der Waals surface area (Å²) in [5, 5.41) is 1.18. The Bertz CT molecular complexity index is 909. The van der Waals surface area contributed by atoms with E-state index in [-0.39, 0.29) is 5.78 Å². The molecule has 0 unspecified atom stereocenters. The lowest BCUT2D eigenvalue weighted by molar-refractivity contribution is 0.104. The highest BCUT2D eigenvalue weighted by molar-refractivity contribution is 9.10. The lowest BCUT2D eigenvalue weighted by Crippen LogP contribution is -1.95. The van der Waals surface area contributed by atoms with Crippen molar-refractivity contribution in [3.05, 3.63) is 76.4 Å². The average molecular weight is 400 g/mol. The molecule has 24 heavy (non-hydrogen) atoms. The van der Waals surface area contributed by atoms with Gasteiger partial charge in [-0.05, 0) is 36.1 Å². The smallest absolute Gasteiger partial charge is 0.186 e. The van der Waals surface area contributed by atoms with E-state index in [1.165, 1.54) is 10.9 Å². The number of carbonyl (C=O) groups is 1. The van der Waals surface area contributed by atoms with Crippen LogP contribution in [0.5, 0.6) is 0 Å². The summed E-state index contributed by atoms with van der Waals surface area (Å²) in [6, 6.07) is 15.8. The number of hydrogen-bond donors (Lipinski definition) is 0. The molecule has 3 aromatic rings. The molecule has 0 N–H and O–H groups in total. The number of para-hydroxylation sites is 1. The van der Waals surface area contributed by atoms with Gasteiger partial charge in [0.15, 0.2) is 5.78 Å². The van der Waals surface area contributed by atoms with Gasteiger partial charge in [-0.1, -0.05) is 41.1 Å². The van der Waals surface area contributed by atoms with E-state index < -0.39 is 0 Å². The van der Waals surface area contributed by atoms with Gasteiger partial charge in [0.25, 0.3) is 0 Å². The quantitative estimate of drug-likeness (QED) is 0.392. The number of aryl methyl sites for hydroxylation is 1. The number of benzene rings is 2. The Balaban J connectivity index is 2.05. The van der Waals surface area contributed by atoms with Crippen LogP contribution in [0, 0.1) is 0 Å². The average Bonchev–Trinajstić information content (AvgIpc) is 2.92. The number of ketones is 1.